The fraction of sp³-hybridized carbons (Fsp3) is 0.462. The highest BCUT2D eigenvalue weighted by atomic mass is 16.3. The molecule has 0 unspecified atom stereocenters. The second-order valence-electron chi connectivity index (χ2n) is 13.8. The number of rotatable bonds is 3. The number of aryl methyl sites for hydroxylation is 2. The summed E-state index contributed by atoms with van der Waals surface area (Å²) in [5.41, 5.74) is 4.42. The number of aromatic nitrogens is 1. The van der Waals surface area contributed by atoms with Crippen LogP contribution in [-0.2, 0) is 6.37 Å². The topological polar surface area (TPSA) is 26.0 Å². The van der Waals surface area contributed by atoms with Gasteiger partial charge in [-0.2, -0.15) is 0 Å². The maximum absolute atomic E-state index is 9.53. The Morgan fingerprint density at radius 1 is 0.951 bits per heavy atom. The van der Waals surface area contributed by atoms with Gasteiger partial charge in [-0.05, 0) is 115 Å². The second kappa shape index (κ2) is 10.0. The van der Waals surface area contributed by atoms with Crippen LogP contribution < -0.4 is 0 Å². The van der Waals surface area contributed by atoms with Crippen LogP contribution in [0.15, 0.2) is 59.1 Å². The number of pyridine rings is 1. The molecule has 0 amide bonds. The number of fused-ring (bicyclic) bond motifs is 5. The van der Waals surface area contributed by atoms with Gasteiger partial charge in [-0.25, -0.2) is 0 Å². The van der Waals surface area contributed by atoms with E-state index in [1.54, 1.807) is 26.8 Å². The van der Waals surface area contributed by atoms with Gasteiger partial charge in [0.15, 0.2) is 0 Å². The van der Waals surface area contributed by atoms with Gasteiger partial charge < -0.3 is 4.42 Å². The normalized spacial score (nSPS) is 21.8. The molecule has 212 valence electrons. The lowest BCUT2D eigenvalue weighted by Gasteiger charge is -2.43. The Labute approximate surface area is 254 Å². The first-order valence-electron chi connectivity index (χ1n) is 18.4. The van der Waals surface area contributed by atoms with E-state index in [9.17, 15) is 1.37 Å². The molecule has 2 nitrogen and oxygen atoms in total. The standard InChI is InChI=1S/C39H45NO/c1-25-20-29-21-28(27-14-18-39(19-15-27)16-7-6-8-17-39)12-13-31(29)37-35(25)33-11-9-10-32(36(33)41-37)34-22-30(23-38(3,4)5)26(2)24-40-34/h9-13,20-22,24,27H,6-8,14-19,23H2,1-5H3/i2D3,23D2,27D. The number of benzene rings is 3. The van der Waals surface area contributed by atoms with Crippen LogP contribution in [0.2, 0.25) is 0 Å². The molecule has 0 aliphatic heterocycles. The molecule has 2 heteroatoms. The average Bonchev–Trinajstić information content (AvgIpc) is 3.42. The summed E-state index contributed by atoms with van der Waals surface area (Å²) >= 11 is 0. The quantitative estimate of drug-likeness (QED) is 0.224. The molecule has 1 spiro atoms. The third-order valence-corrected chi connectivity index (χ3v) is 9.70. The summed E-state index contributed by atoms with van der Waals surface area (Å²) in [6, 6.07) is 16.1. The van der Waals surface area contributed by atoms with Crippen LogP contribution in [0.5, 0.6) is 0 Å². The van der Waals surface area contributed by atoms with Crippen molar-refractivity contribution >= 4 is 32.7 Å². The van der Waals surface area contributed by atoms with E-state index in [1.807, 2.05) is 18.2 Å². The third kappa shape index (κ3) is 4.88. The Hall–Kier alpha value is -3.13. The average molecular weight is 550 g/mol. The molecule has 2 saturated carbocycles. The first kappa shape index (κ1) is 20.7. The lowest BCUT2D eigenvalue weighted by molar-refractivity contribution is 0.114. The molecular formula is C39H45NO. The Kier molecular flexibility index (Phi) is 5.05. The van der Waals surface area contributed by atoms with Gasteiger partial charge >= 0.3 is 0 Å². The Balaban J connectivity index is 1.33. The molecular weight excluding hydrogens is 498 g/mol. The van der Waals surface area contributed by atoms with Crippen molar-refractivity contribution < 1.29 is 12.6 Å². The first-order chi connectivity index (χ1) is 22.0. The molecule has 0 atom stereocenters. The van der Waals surface area contributed by atoms with Gasteiger partial charge in [0.1, 0.15) is 11.2 Å². The van der Waals surface area contributed by atoms with Crippen LogP contribution >= 0.6 is 0 Å². The minimum absolute atomic E-state index is 0.0744. The van der Waals surface area contributed by atoms with Crippen molar-refractivity contribution in [3.8, 4) is 11.3 Å². The van der Waals surface area contributed by atoms with E-state index in [0.29, 0.717) is 22.3 Å². The van der Waals surface area contributed by atoms with Gasteiger partial charge in [0, 0.05) is 36.1 Å². The molecule has 0 N–H and O–H groups in total. The van der Waals surface area contributed by atoms with Crippen LogP contribution in [0.4, 0.5) is 0 Å². The van der Waals surface area contributed by atoms with Gasteiger partial charge in [0.2, 0.25) is 0 Å². The minimum Gasteiger partial charge on any atom is -0.455 e. The molecule has 2 aliphatic carbocycles. The largest absolute Gasteiger partial charge is 0.455 e. The van der Waals surface area contributed by atoms with Gasteiger partial charge in [-0.3, -0.25) is 4.98 Å². The molecule has 0 bridgehead atoms. The van der Waals surface area contributed by atoms with E-state index in [4.69, 9.17) is 11.3 Å². The predicted octanol–water partition coefficient (Wildman–Crippen LogP) is 11.6. The van der Waals surface area contributed by atoms with E-state index in [1.165, 1.54) is 38.3 Å². The summed E-state index contributed by atoms with van der Waals surface area (Å²) in [4.78, 5) is 4.57. The van der Waals surface area contributed by atoms with Gasteiger partial charge in [0.05, 0.1) is 5.69 Å². The Bertz CT molecular complexity index is 2000. The van der Waals surface area contributed by atoms with Crippen molar-refractivity contribution in [1.29, 1.82) is 0 Å². The summed E-state index contributed by atoms with van der Waals surface area (Å²) < 4.78 is 58.5. The van der Waals surface area contributed by atoms with Crippen LogP contribution in [0.3, 0.4) is 0 Å². The van der Waals surface area contributed by atoms with E-state index < -0.39 is 24.5 Å². The van der Waals surface area contributed by atoms with Crippen molar-refractivity contribution in [3.05, 3.63) is 77.0 Å². The molecule has 41 heavy (non-hydrogen) atoms. The van der Waals surface area contributed by atoms with Crippen LogP contribution in [-0.4, -0.2) is 4.98 Å². The van der Waals surface area contributed by atoms with Crippen molar-refractivity contribution in [2.45, 2.75) is 105 Å². The maximum atomic E-state index is 9.53. The fourth-order valence-electron chi connectivity index (χ4n) is 7.60. The van der Waals surface area contributed by atoms with Crippen molar-refractivity contribution in [2.75, 3.05) is 0 Å². The highest BCUT2D eigenvalue weighted by Gasteiger charge is 2.36. The summed E-state index contributed by atoms with van der Waals surface area (Å²) in [5, 5.41) is 4.02. The number of para-hydroxylation sites is 1. The maximum Gasteiger partial charge on any atom is 0.144 e. The van der Waals surface area contributed by atoms with Gasteiger partial charge in [0.25, 0.3) is 0 Å². The van der Waals surface area contributed by atoms with Crippen molar-refractivity contribution in [3.63, 3.8) is 0 Å². The van der Waals surface area contributed by atoms with Crippen LogP contribution in [0, 0.1) is 24.6 Å². The lowest BCUT2D eigenvalue weighted by atomic mass is 9.62. The number of hydrogen-bond acceptors (Lipinski definition) is 2. The highest BCUT2D eigenvalue weighted by molar-refractivity contribution is 6.18. The monoisotopic (exact) mass is 549 g/mol. The van der Waals surface area contributed by atoms with Crippen LogP contribution in [0.25, 0.3) is 44.0 Å². The molecule has 0 saturated heterocycles. The zero-order chi connectivity index (χ0) is 33.6. The molecule has 2 aromatic heterocycles. The predicted molar refractivity (Wildman–Crippen MR) is 174 cm³/mol. The Morgan fingerprint density at radius 3 is 2.51 bits per heavy atom. The molecule has 7 rings (SSSR count). The summed E-state index contributed by atoms with van der Waals surface area (Å²) in [7, 11) is 0. The van der Waals surface area contributed by atoms with Crippen LogP contribution in [0.1, 0.15) is 115 Å². The molecule has 2 heterocycles. The van der Waals surface area contributed by atoms with E-state index >= 15 is 0 Å². The molecule has 3 aromatic carbocycles. The molecule has 5 aromatic rings. The number of hydrogen-bond donors (Lipinski definition) is 0. The van der Waals surface area contributed by atoms with E-state index in [-0.39, 0.29) is 11.1 Å². The summed E-state index contributed by atoms with van der Waals surface area (Å²) in [6.07, 6.45) is 10.2. The highest BCUT2D eigenvalue weighted by Crippen LogP contribution is 2.51. The molecule has 2 fully saturated rings. The van der Waals surface area contributed by atoms with Crippen molar-refractivity contribution in [2.24, 2.45) is 10.8 Å². The SMILES string of the molecule is [2H]C([2H])([2H])c1cnc(-c2cccc3c2oc2c4ccc(C5([2H])CCC6(CCCCC6)CC5)cc4cc(C)c32)cc1C([2H])([2H])C(C)(C)C. The molecule has 2 aliphatic rings. The zero-order valence-electron chi connectivity index (χ0n) is 30.9. The molecule has 0 radical (unpaired) electrons. The zero-order valence-corrected chi connectivity index (χ0v) is 24.9. The van der Waals surface area contributed by atoms with E-state index in [2.05, 4.69) is 36.2 Å². The minimum atomic E-state index is -2.51. The number of furan rings is 1. The van der Waals surface area contributed by atoms with E-state index in [0.717, 1.165) is 63.9 Å². The van der Waals surface area contributed by atoms with Gasteiger partial charge in [-0.15, -0.1) is 0 Å². The summed E-state index contributed by atoms with van der Waals surface area (Å²) in [6.45, 7) is 4.92. The third-order valence-electron chi connectivity index (χ3n) is 9.70. The summed E-state index contributed by atoms with van der Waals surface area (Å²) in [5.74, 6) is -0.566. The smallest absolute Gasteiger partial charge is 0.144 e. The number of nitrogens with zero attached hydrogens (tertiary/aromatic N) is 1. The second-order valence-corrected chi connectivity index (χ2v) is 13.8. The Morgan fingerprint density at radius 2 is 1.76 bits per heavy atom. The first-order valence-corrected chi connectivity index (χ1v) is 15.4. The lowest BCUT2D eigenvalue weighted by Crippen LogP contribution is -2.29. The fourth-order valence-corrected chi connectivity index (χ4v) is 7.60. The van der Waals surface area contributed by atoms with Gasteiger partial charge in [-0.1, -0.05) is 76.4 Å². The van der Waals surface area contributed by atoms with Crippen molar-refractivity contribution in [1.82, 2.24) is 4.98 Å².